The fourth-order valence-corrected chi connectivity index (χ4v) is 1.85. The fourth-order valence-electron chi connectivity index (χ4n) is 1.21. The van der Waals surface area contributed by atoms with Gasteiger partial charge in [0.1, 0.15) is 22.9 Å². The molecule has 0 unspecified atom stereocenters. The second kappa shape index (κ2) is 4.76. The van der Waals surface area contributed by atoms with Crippen molar-refractivity contribution < 1.29 is 14.6 Å². The summed E-state index contributed by atoms with van der Waals surface area (Å²) in [4.78, 5) is 15.0. The summed E-state index contributed by atoms with van der Waals surface area (Å²) in [6, 6.07) is 9.22. The minimum absolute atomic E-state index is 0.176. The summed E-state index contributed by atoms with van der Waals surface area (Å²) in [6.07, 6.45) is 0. The van der Waals surface area contributed by atoms with Gasteiger partial charge in [-0.3, -0.25) is 0 Å². The van der Waals surface area contributed by atoms with Crippen LogP contribution in [0.4, 0.5) is 0 Å². The zero-order valence-electron chi connectivity index (χ0n) is 8.29. The summed E-state index contributed by atoms with van der Waals surface area (Å²) in [5.41, 5.74) is 1.97. The highest BCUT2D eigenvalue weighted by Crippen LogP contribution is 2.16. The van der Waals surface area contributed by atoms with Gasteiger partial charge in [-0.15, -0.1) is 11.3 Å². The van der Waals surface area contributed by atoms with Gasteiger partial charge in [0.2, 0.25) is 0 Å². The number of carboxylic acid groups (broad SMARTS) is 1. The van der Waals surface area contributed by atoms with Crippen LogP contribution in [-0.4, -0.2) is 16.1 Å². The first kappa shape index (κ1) is 10.6. The molecule has 0 aliphatic heterocycles. The highest BCUT2D eigenvalue weighted by atomic mass is 32.1. The van der Waals surface area contributed by atoms with Crippen molar-refractivity contribution in [2.24, 2.45) is 0 Å². The van der Waals surface area contributed by atoms with Gasteiger partial charge in [0.05, 0.1) is 5.51 Å². The summed E-state index contributed by atoms with van der Waals surface area (Å²) in [5, 5.41) is 8.87. The number of aromatic nitrogens is 1. The third-order valence-electron chi connectivity index (χ3n) is 1.95. The molecule has 82 valence electrons. The van der Waals surface area contributed by atoms with E-state index in [1.165, 1.54) is 5.51 Å². The molecule has 1 aromatic heterocycles. The zero-order valence-corrected chi connectivity index (χ0v) is 9.11. The van der Waals surface area contributed by atoms with Crippen molar-refractivity contribution in [3.05, 3.63) is 46.4 Å². The van der Waals surface area contributed by atoms with E-state index in [4.69, 9.17) is 9.84 Å². The predicted molar refractivity (Wildman–Crippen MR) is 59.8 cm³/mol. The molecule has 2 aromatic rings. The van der Waals surface area contributed by atoms with Crippen molar-refractivity contribution in [1.29, 1.82) is 0 Å². The van der Waals surface area contributed by atoms with Crippen molar-refractivity contribution >= 4 is 17.3 Å². The molecule has 0 fully saturated rings. The molecule has 0 saturated carbocycles. The Bertz CT molecular complexity index is 481. The number of para-hydroxylation sites is 1. The number of benzene rings is 1. The van der Waals surface area contributed by atoms with Crippen molar-refractivity contribution in [2.75, 3.05) is 0 Å². The lowest BCUT2D eigenvalue weighted by atomic mass is 10.3. The van der Waals surface area contributed by atoms with Gasteiger partial charge in [-0.25, -0.2) is 9.78 Å². The molecule has 0 saturated heterocycles. The maximum Gasteiger partial charge on any atom is 0.347 e. The van der Waals surface area contributed by atoms with E-state index in [0.717, 1.165) is 11.3 Å². The molecule has 1 aromatic carbocycles. The minimum Gasteiger partial charge on any atom is -0.487 e. The number of carboxylic acids is 1. The third kappa shape index (κ3) is 2.38. The van der Waals surface area contributed by atoms with Gasteiger partial charge >= 0.3 is 5.97 Å². The monoisotopic (exact) mass is 235 g/mol. The van der Waals surface area contributed by atoms with Gasteiger partial charge in [0, 0.05) is 0 Å². The molecule has 1 N–H and O–H groups in total. The molecule has 4 nitrogen and oxygen atoms in total. The first-order chi connectivity index (χ1) is 7.77. The van der Waals surface area contributed by atoms with E-state index in [9.17, 15) is 4.79 Å². The third-order valence-corrected chi connectivity index (χ3v) is 2.81. The maximum atomic E-state index is 10.8. The zero-order chi connectivity index (χ0) is 11.4. The topological polar surface area (TPSA) is 59.4 Å². The second-order valence-corrected chi connectivity index (χ2v) is 3.89. The van der Waals surface area contributed by atoms with E-state index in [-0.39, 0.29) is 11.5 Å². The van der Waals surface area contributed by atoms with Crippen LogP contribution in [0.2, 0.25) is 0 Å². The molecule has 16 heavy (non-hydrogen) atoms. The van der Waals surface area contributed by atoms with Gasteiger partial charge in [0.15, 0.2) is 0 Å². The van der Waals surface area contributed by atoms with Crippen molar-refractivity contribution in [2.45, 2.75) is 6.61 Å². The first-order valence-electron chi connectivity index (χ1n) is 4.61. The Hall–Kier alpha value is -1.88. The molecule has 0 radical (unpaired) electrons. The summed E-state index contributed by atoms with van der Waals surface area (Å²) >= 11 is 1.10. The summed E-state index contributed by atoms with van der Waals surface area (Å²) in [6.45, 7) is 0.176. The van der Waals surface area contributed by atoms with Crippen LogP contribution in [0.1, 0.15) is 15.4 Å². The van der Waals surface area contributed by atoms with Crippen LogP contribution >= 0.6 is 11.3 Å². The smallest absolute Gasteiger partial charge is 0.347 e. The van der Waals surface area contributed by atoms with E-state index in [0.29, 0.717) is 11.4 Å². The lowest BCUT2D eigenvalue weighted by Crippen LogP contribution is -2.03. The van der Waals surface area contributed by atoms with Crippen LogP contribution in [0.25, 0.3) is 0 Å². The van der Waals surface area contributed by atoms with E-state index in [2.05, 4.69) is 4.98 Å². The van der Waals surface area contributed by atoms with E-state index in [1.807, 2.05) is 30.3 Å². The van der Waals surface area contributed by atoms with Crippen LogP contribution in [0, 0.1) is 0 Å². The molecule has 1 heterocycles. The Balaban J connectivity index is 2.05. The van der Waals surface area contributed by atoms with Crippen molar-refractivity contribution in [3.63, 3.8) is 0 Å². The highest BCUT2D eigenvalue weighted by molar-refractivity contribution is 7.11. The summed E-state index contributed by atoms with van der Waals surface area (Å²) in [5.74, 6) is -0.263. The number of rotatable bonds is 4. The van der Waals surface area contributed by atoms with Gasteiger partial charge in [-0.05, 0) is 12.1 Å². The molecule has 0 aliphatic carbocycles. The molecule has 0 atom stereocenters. The molecule has 0 amide bonds. The van der Waals surface area contributed by atoms with Crippen LogP contribution in [0.5, 0.6) is 5.75 Å². The first-order valence-corrected chi connectivity index (χ1v) is 5.49. The number of hydrogen-bond donors (Lipinski definition) is 1. The Labute approximate surface area is 96.1 Å². The average Bonchev–Trinajstić information content (AvgIpc) is 2.76. The lowest BCUT2D eigenvalue weighted by molar-refractivity contribution is 0.0699. The SMILES string of the molecule is O=C(O)c1scnc1COc1ccccc1. The number of hydrogen-bond acceptors (Lipinski definition) is 4. The number of carbonyl (C=O) groups is 1. The molecule has 0 aliphatic rings. The Morgan fingerprint density at radius 2 is 2.12 bits per heavy atom. The van der Waals surface area contributed by atoms with Gasteiger partial charge in [-0.2, -0.15) is 0 Å². The molecule has 2 rings (SSSR count). The van der Waals surface area contributed by atoms with Crippen LogP contribution in [0.15, 0.2) is 35.8 Å². The normalized spacial score (nSPS) is 10.0. The van der Waals surface area contributed by atoms with E-state index >= 15 is 0 Å². The minimum atomic E-state index is -0.964. The Morgan fingerprint density at radius 1 is 1.38 bits per heavy atom. The number of aromatic carboxylic acids is 1. The van der Waals surface area contributed by atoms with Crippen molar-refractivity contribution in [1.82, 2.24) is 4.98 Å². The van der Waals surface area contributed by atoms with Gasteiger partial charge < -0.3 is 9.84 Å². The molecular weight excluding hydrogens is 226 g/mol. The molecule has 5 heteroatoms. The maximum absolute atomic E-state index is 10.8. The van der Waals surface area contributed by atoms with Gasteiger partial charge in [-0.1, -0.05) is 18.2 Å². The quantitative estimate of drug-likeness (QED) is 0.884. The standard InChI is InChI=1S/C11H9NO3S/c13-11(14)10-9(12-7-16-10)6-15-8-4-2-1-3-5-8/h1-5,7H,6H2,(H,13,14). The van der Waals surface area contributed by atoms with Crippen LogP contribution < -0.4 is 4.74 Å². The summed E-state index contributed by atoms with van der Waals surface area (Å²) in [7, 11) is 0. The summed E-state index contributed by atoms with van der Waals surface area (Å²) < 4.78 is 5.42. The predicted octanol–water partition coefficient (Wildman–Crippen LogP) is 2.42. The number of nitrogens with zero attached hydrogens (tertiary/aromatic N) is 1. The Kier molecular flexibility index (Phi) is 3.16. The Morgan fingerprint density at radius 3 is 2.81 bits per heavy atom. The van der Waals surface area contributed by atoms with Crippen LogP contribution in [-0.2, 0) is 6.61 Å². The fraction of sp³-hybridized carbons (Fsp3) is 0.0909. The highest BCUT2D eigenvalue weighted by Gasteiger charge is 2.13. The average molecular weight is 235 g/mol. The largest absolute Gasteiger partial charge is 0.487 e. The lowest BCUT2D eigenvalue weighted by Gasteiger charge is -2.03. The van der Waals surface area contributed by atoms with E-state index in [1.54, 1.807) is 0 Å². The van der Waals surface area contributed by atoms with Crippen molar-refractivity contribution in [3.8, 4) is 5.75 Å². The molecular formula is C11H9NO3S. The van der Waals surface area contributed by atoms with Gasteiger partial charge in [0.25, 0.3) is 0 Å². The molecule has 0 bridgehead atoms. The number of ether oxygens (including phenoxy) is 1. The number of thiazole rings is 1. The molecule has 0 spiro atoms. The van der Waals surface area contributed by atoms with Crippen LogP contribution in [0.3, 0.4) is 0 Å². The second-order valence-electron chi connectivity index (χ2n) is 3.04. The van der Waals surface area contributed by atoms with E-state index < -0.39 is 5.97 Å².